The van der Waals surface area contributed by atoms with Crippen molar-refractivity contribution in [3.05, 3.63) is 93.7 Å². The van der Waals surface area contributed by atoms with Gasteiger partial charge in [0.1, 0.15) is 5.82 Å². The number of carbonyl (C=O) groups is 2. The summed E-state index contributed by atoms with van der Waals surface area (Å²) < 4.78 is 2.88. The van der Waals surface area contributed by atoms with Gasteiger partial charge in [-0.3, -0.25) is 9.59 Å². The van der Waals surface area contributed by atoms with Gasteiger partial charge in [-0.25, -0.2) is 4.98 Å². The standard InChI is InChI=1S/C25H19BrClN3O2/c26-18-4-3-5-20(13-18)29-14-17(12-24(29)32)25-28-21-6-1-2-7-22(21)30(25)15-23(31)16-8-10-19(27)11-9-16/h1-11,13,17H,12,14-15H2. The molecule has 1 unspecified atom stereocenters. The van der Waals surface area contributed by atoms with Crippen molar-refractivity contribution in [2.24, 2.45) is 0 Å². The fourth-order valence-corrected chi connectivity index (χ4v) is 4.73. The Balaban J connectivity index is 1.50. The number of fused-ring (bicyclic) bond motifs is 1. The largest absolute Gasteiger partial charge is 0.320 e. The molecule has 1 saturated heterocycles. The molecule has 4 aromatic rings. The van der Waals surface area contributed by atoms with Gasteiger partial charge >= 0.3 is 0 Å². The van der Waals surface area contributed by atoms with Crippen molar-refractivity contribution in [3.63, 3.8) is 0 Å². The van der Waals surface area contributed by atoms with Crippen molar-refractivity contribution in [3.8, 4) is 0 Å². The van der Waals surface area contributed by atoms with Crippen molar-refractivity contribution in [2.75, 3.05) is 11.4 Å². The third-order valence-electron chi connectivity index (χ3n) is 5.76. The first-order valence-corrected chi connectivity index (χ1v) is 11.5. The second kappa shape index (κ2) is 8.52. The molecule has 5 rings (SSSR count). The van der Waals surface area contributed by atoms with E-state index >= 15 is 0 Å². The van der Waals surface area contributed by atoms with Crippen LogP contribution in [0.5, 0.6) is 0 Å². The van der Waals surface area contributed by atoms with Crippen LogP contribution in [0, 0.1) is 0 Å². The van der Waals surface area contributed by atoms with E-state index < -0.39 is 0 Å². The van der Waals surface area contributed by atoms with Crippen LogP contribution in [0.15, 0.2) is 77.3 Å². The van der Waals surface area contributed by atoms with Gasteiger partial charge in [-0.1, -0.05) is 45.7 Å². The molecule has 160 valence electrons. The van der Waals surface area contributed by atoms with Gasteiger partial charge in [0.25, 0.3) is 0 Å². The molecule has 1 aliphatic rings. The number of imidazole rings is 1. The lowest BCUT2D eigenvalue weighted by Crippen LogP contribution is -2.24. The van der Waals surface area contributed by atoms with E-state index in [0.29, 0.717) is 23.6 Å². The summed E-state index contributed by atoms with van der Waals surface area (Å²) in [6, 6.07) is 22.4. The number of carbonyl (C=O) groups excluding carboxylic acids is 2. The van der Waals surface area contributed by atoms with E-state index in [1.165, 1.54) is 0 Å². The van der Waals surface area contributed by atoms with Gasteiger partial charge in [0, 0.05) is 39.6 Å². The van der Waals surface area contributed by atoms with Crippen LogP contribution in [0.2, 0.25) is 5.02 Å². The number of hydrogen-bond acceptors (Lipinski definition) is 3. The molecular weight excluding hydrogens is 490 g/mol. The number of rotatable bonds is 5. The van der Waals surface area contributed by atoms with Gasteiger partial charge in [0.15, 0.2) is 5.78 Å². The fourth-order valence-electron chi connectivity index (χ4n) is 4.22. The molecule has 32 heavy (non-hydrogen) atoms. The minimum Gasteiger partial charge on any atom is -0.320 e. The monoisotopic (exact) mass is 507 g/mol. The van der Waals surface area contributed by atoms with Crippen LogP contribution in [0.25, 0.3) is 11.0 Å². The summed E-state index contributed by atoms with van der Waals surface area (Å²) in [6.45, 7) is 0.673. The quantitative estimate of drug-likeness (QED) is 0.318. The molecular formula is C25H19BrClN3O2. The van der Waals surface area contributed by atoms with Crippen LogP contribution < -0.4 is 4.90 Å². The number of anilines is 1. The van der Waals surface area contributed by atoms with E-state index in [2.05, 4.69) is 15.9 Å². The lowest BCUT2D eigenvalue weighted by Gasteiger charge is -2.17. The average Bonchev–Trinajstić information content (AvgIpc) is 3.35. The predicted octanol–water partition coefficient (Wildman–Crippen LogP) is 5.86. The summed E-state index contributed by atoms with van der Waals surface area (Å²) in [5, 5.41) is 0.590. The highest BCUT2D eigenvalue weighted by Crippen LogP contribution is 2.34. The van der Waals surface area contributed by atoms with Gasteiger partial charge < -0.3 is 9.47 Å². The Hall–Kier alpha value is -2.96. The van der Waals surface area contributed by atoms with Crippen LogP contribution in [0.4, 0.5) is 5.69 Å². The van der Waals surface area contributed by atoms with E-state index in [4.69, 9.17) is 16.6 Å². The van der Waals surface area contributed by atoms with Gasteiger partial charge in [-0.05, 0) is 54.6 Å². The highest BCUT2D eigenvalue weighted by molar-refractivity contribution is 9.10. The fraction of sp³-hybridized carbons (Fsp3) is 0.160. The van der Waals surface area contributed by atoms with Gasteiger partial charge in [-0.2, -0.15) is 0 Å². The molecule has 0 radical (unpaired) electrons. The molecule has 1 amide bonds. The molecule has 2 heterocycles. The van der Waals surface area contributed by atoms with Crippen LogP contribution >= 0.6 is 27.5 Å². The zero-order chi connectivity index (χ0) is 22.2. The van der Waals surface area contributed by atoms with E-state index in [0.717, 1.165) is 27.0 Å². The number of para-hydroxylation sites is 2. The van der Waals surface area contributed by atoms with Gasteiger partial charge in [-0.15, -0.1) is 0 Å². The van der Waals surface area contributed by atoms with Crippen LogP contribution in [0.3, 0.4) is 0 Å². The molecule has 0 saturated carbocycles. The summed E-state index contributed by atoms with van der Waals surface area (Å²) >= 11 is 9.45. The van der Waals surface area contributed by atoms with E-state index in [1.807, 2.05) is 53.1 Å². The second-order valence-electron chi connectivity index (χ2n) is 7.86. The summed E-state index contributed by atoms with van der Waals surface area (Å²) in [4.78, 5) is 32.5. The Labute approximate surface area is 198 Å². The Morgan fingerprint density at radius 1 is 1.06 bits per heavy atom. The number of aromatic nitrogens is 2. The summed E-state index contributed by atoms with van der Waals surface area (Å²) in [6.07, 6.45) is 0.352. The second-order valence-corrected chi connectivity index (χ2v) is 9.21. The summed E-state index contributed by atoms with van der Waals surface area (Å²) in [5.74, 6) is 0.682. The first-order valence-electron chi connectivity index (χ1n) is 10.3. The number of benzene rings is 3. The van der Waals surface area contributed by atoms with E-state index in [9.17, 15) is 9.59 Å². The zero-order valence-electron chi connectivity index (χ0n) is 17.0. The smallest absolute Gasteiger partial charge is 0.227 e. The van der Waals surface area contributed by atoms with Crippen molar-refractivity contribution in [1.82, 2.24) is 9.55 Å². The minimum atomic E-state index is -0.105. The normalized spacial score (nSPS) is 16.1. The molecule has 1 fully saturated rings. The third kappa shape index (κ3) is 3.96. The van der Waals surface area contributed by atoms with Crippen molar-refractivity contribution < 1.29 is 9.59 Å². The predicted molar refractivity (Wildman–Crippen MR) is 129 cm³/mol. The van der Waals surface area contributed by atoms with Crippen molar-refractivity contribution in [2.45, 2.75) is 18.9 Å². The summed E-state index contributed by atoms with van der Waals surface area (Å²) in [7, 11) is 0. The molecule has 1 aromatic heterocycles. The van der Waals surface area contributed by atoms with Crippen LogP contribution in [-0.4, -0.2) is 27.8 Å². The third-order valence-corrected chi connectivity index (χ3v) is 6.51. The van der Waals surface area contributed by atoms with Crippen molar-refractivity contribution >= 4 is 55.9 Å². The topological polar surface area (TPSA) is 55.2 Å². The number of nitrogens with zero attached hydrogens (tertiary/aromatic N) is 3. The number of halogens is 2. The van der Waals surface area contributed by atoms with Gasteiger partial charge in [0.2, 0.25) is 5.91 Å². The SMILES string of the molecule is O=C(Cn1c(C2CC(=O)N(c3cccc(Br)c3)C2)nc2ccccc21)c1ccc(Cl)cc1. The highest BCUT2D eigenvalue weighted by atomic mass is 79.9. The molecule has 3 aromatic carbocycles. The Morgan fingerprint density at radius 2 is 1.84 bits per heavy atom. The maximum Gasteiger partial charge on any atom is 0.227 e. The molecule has 0 bridgehead atoms. The molecule has 0 N–H and O–H groups in total. The minimum absolute atomic E-state index is 0.0285. The number of amides is 1. The van der Waals surface area contributed by atoms with E-state index in [-0.39, 0.29) is 24.2 Å². The number of ketones is 1. The molecule has 5 nitrogen and oxygen atoms in total. The summed E-state index contributed by atoms with van der Waals surface area (Å²) in [5.41, 5.74) is 3.15. The Kier molecular flexibility index (Phi) is 5.57. The first kappa shape index (κ1) is 20.9. The lowest BCUT2D eigenvalue weighted by atomic mass is 10.1. The molecule has 7 heteroatoms. The molecule has 1 atom stereocenters. The van der Waals surface area contributed by atoms with Crippen molar-refractivity contribution in [1.29, 1.82) is 0 Å². The lowest BCUT2D eigenvalue weighted by molar-refractivity contribution is -0.117. The maximum atomic E-state index is 13.0. The van der Waals surface area contributed by atoms with Gasteiger partial charge in [0.05, 0.1) is 17.6 Å². The average molecular weight is 509 g/mol. The molecule has 0 aliphatic carbocycles. The Morgan fingerprint density at radius 3 is 2.62 bits per heavy atom. The van der Waals surface area contributed by atoms with E-state index in [1.54, 1.807) is 29.2 Å². The zero-order valence-corrected chi connectivity index (χ0v) is 19.4. The molecule has 0 spiro atoms. The number of Topliss-reactive ketones (excluding diaryl/α,β-unsaturated/α-hetero) is 1. The molecule has 1 aliphatic heterocycles. The highest BCUT2D eigenvalue weighted by Gasteiger charge is 2.35. The van der Waals surface area contributed by atoms with Crippen LogP contribution in [0.1, 0.15) is 28.5 Å². The maximum absolute atomic E-state index is 13.0. The van der Waals surface area contributed by atoms with Crippen LogP contribution in [-0.2, 0) is 11.3 Å². The Bertz CT molecular complexity index is 1330. The first-order chi connectivity index (χ1) is 15.5. The number of hydrogen-bond donors (Lipinski definition) is 0.